The van der Waals surface area contributed by atoms with Crippen molar-refractivity contribution in [2.75, 3.05) is 13.2 Å². The van der Waals surface area contributed by atoms with E-state index in [-0.39, 0.29) is 0 Å². The first-order valence-corrected chi connectivity index (χ1v) is 4.26. The zero-order chi connectivity index (χ0) is 10.5. The van der Waals surface area contributed by atoms with E-state index >= 15 is 0 Å². The van der Waals surface area contributed by atoms with Crippen LogP contribution in [0.3, 0.4) is 0 Å². The van der Waals surface area contributed by atoms with Gasteiger partial charge in [0.05, 0.1) is 13.2 Å². The maximum atomic E-state index is 9.41. The van der Waals surface area contributed by atoms with Crippen LogP contribution in [0.1, 0.15) is 20.8 Å². The maximum Gasteiger partial charge on any atom is 0.121 e. The largest absolute Gasteiger partial charge is 0.380 e. The molecule has 0 aromatic rings. The summed E-state index contributed by atoms with van der Waals surface area (Å²) in [5, 5.41) is 9.41. The van der Waals surface area contributed by atoms with E-state index in [1.54, 1.807) is 0 Å². The van der Waals surface area contributed by atoms with E-state index < -0.39 is 11.5 Å². The van der Waals surface area contributed by atoms with Gasteiger partial charge in [0.25, 0.3) is 0 Å². The Morgan fingerprint density at radius 3 is 2.62 bits per heavy atom. The molecule has 0 aliphatic rings. The lowest BCUT2D eigenvalue weighted by molar-refractivity contribution is 0.00931. The molecule has 0 bridgehead atoms. The zero-order valence-electron chi connectivity index (χ0n) is 8.63. The highest BCUT2D eigenvalue weighted by molar-refractivity contribution is 5.01. The van der Waals surface area contributed by atoms with Crippen LogP contribution in [-0.2, 0) is 4.74 Å². The molecule has 0 spiro atoms. The molecule has 0 aromatic heterocycles. The van der Waals surface area contributed by atoms with Gasteiger partial charge >= 0.3 is 0 Å². The lowest BCUT2D eigenvalue weighted by atomic mass is 9.88. The first-order chi connectivity index (χ1) is 5.90. The number of hydrogen-bond donors (Lipinski definition) is 1. The standard InChI is InChI=1S/C11H18O2/c1-6-10(12)11(4,5)8-13-7-9(2)3/h1,10,12H,2,7-8H2,3-5H3/t10-/m1/s1. The molecule has 1 atom stereocenters. The minimum Gasteiger partial charge on any atom is -0.380 e. The van der Waals surface area contributed by atoms with Gasteiger partial charge in [-0.1, -0.05) is 31.9 Å². The third-order valence-electron chi connectivity index (χ3n) is 1.72. The Bertz CT molecular complexity index is 211. The fourth-order valence-electron chi connectivity index (χ4n) is 0.793. The van der Waals surface area contributed by atoms with Gasteiger partial charge in [-0.25, -0.2) is 0 Å². The Balaban J connectivity index is 3.90. The summed E-state index contributed by atoms with van der Waals surface area (Å²) >= 11 is 0. The van der Waals surface area contributed by atoms with Crippen LogP contribution in [-0.4, -0.2) is 24.4 Å². The molecular formula is C11H18O2. The van der Waals surface area contributed by atoms with Gasteiger partial charge in [-0.2, -0.15) is 0 Å². The number of ether oxygens (including phenoxy) is 1. The molecule has 0 heterocycles. The Morgan fingerprint density at radius 2 is 2.23 bits per heavy atom. The molecule has 0 aliphatic carbocycles. The molecule has 0 saturated heterocycles. The minimum atomic E-state index is -0.766. The highest BCUT2D eigenvalue weighted by Crippen LogP contribution is 2.20. The summed E-state index contributed by atoms with van der Waals surface area (Å²) in [4.78, 5) is 0. The van der Waals surface area contributed by atoms with Crippen LogP contribution >= 0.6 is 0 Å². The van der Waals surface area contributed by atoms with Crippen LogP contribution in [0.25, 0.3) is 0 Å². The van der Waals surface area contributed by atoms with Crippen LogP contribution in [0, 0.1) is 17.8 Å². The highest BCUT2D eigenvalue weighted by atomic mass is 16.5. The molecule has 74 valence electrons. The van der Waals surface area contributed by atoms with E-state index in [1.807, 2.05) is 20.8 Å². The third kappa shape index (κ3) is 4.72. The van der Waals surface area contributed by atoms with Crippen molar-refractivity contribution < 1.29 is 9.84 Å². The van der Waals surface area contributed by atoms with E-state index in [2.05, 4.69) is 12.5 Å². The van der Waals surface area contributed by atoms with Gasteiger partial charge in [-0.3, -0.25) is 0 Å². The quantitative estimate of drug-likeness (QED) is 0.517. The Hall–Kier alpha value is -0.780. The van der Waals surface area contributed by atoms with Gasteiger partial charge in [0.1, 0.15) is 6.10 Å². The van der Waals surface area contributed by atoms with Gasteiger partial charge in [-0.05, 0) is 6.92 Å². The monoisotopic (exact) mass is 182 g/mol. The predicted molar refractivity (Wildman–Crippen MR) is 54.3 cm³/mol. The molecule has 2 heteroatoms. The molecule has 0 unspecified atom stereocenters. The Morgan fingerprint density at radius 1 is 1.69 bits per heavy atom. The molecule has 0 amide bonds. The summed E-state index contributed by atoms with van der Waals surface area (Å²) in [6.45, 7) is 10.3. The lowest BCUT2D eigenvalue weighted by Gasteiger charge is -2.26. The van der Waals surface area contributed by atoms with Crippen molar-refractivity contribution in [1.29, 1.82) is 0 Å². The molecule has 0 aromatic carbocycles. The highest BCUT2D eigenvalue weighted by Gasteiger charge is 2.26. The fourth-order valence-corrected chi connectivity index (χ4v) is 0.793. The summed E-state index contributed by atoms with van der Waals surface area (Å²) in [5.74, 6) is 2.30. The van der Waals surface area contributed by atoms with Gasteiger partial charge in [0.2, 0.25) is 0 Å². The van der Waals surface area contributed by atoms with Crippen molar-refractivity contribution in [2.24, 2.45) is 5.41 Å². The number of terminal acetylenes is 1. The molecule has 1 N–H and O–H groups in total. The first-order valence-electron chi connectivity index (χ1n) is 4.26. The summed E-state index contributed by atoms with van der Waals surface area (Å²) in [6, 6.07) is 0. The van der Waals surface area contributed by atoms with Crippen molar-refractivity contribution in [2.45, 2.75) is 26.9 Å². The molecule has 13 heavy (non-hydrogen) atoms. The van der Waals surface area contributed by atoms with Crippen LogP contribution in [0.4, 0.5) is 0 Å². The zero-order valence-corrected chi connectivity index (χ0v) is 8.63. The van der Waals surface area contributed by atoms with Crippen molar-refractivity contribution in [3.8, 4) is 12.3 Å². The van der Waals surface area contributed by atoms with E-state index in [1.165, 1.54) is 0 Å². The molecule has 0 fully saturated rings. The van der Waals surface area contributed by atoms with Gasteiger partial charge in [0.15, 0.2) is 0 Å². The number of rotatable bonds is 5. The number of hydrogen-bond acceptors (Lipinski definition) is 2. The molecular weight excluding hydrogens is 164 g/mol. The second-order valence-corrected chi connectivity index (χ2v) is 4.01. The lowest BCUT2D eigenvalue weighted by Crippen LogP contribution is -2.32. The Kier molecular flexibility index (Phi) is 4.76. The van der Waals surface area contributed by atoms with Gasteiger partial charge in [0, 0.05) is 5.41 Å². The van der Waals surface area contributed by atoms with Gasteiger partial charge in [-0.15, -0.1) is 6.42 Å². The number of aliphatic hydroxyl groups is 1. The second-order valence-electron chi connectivity index (χ2n) is 4.01. The summed E-state index contributed by atoms with van der Waals surface area (Å²) < 4.78 is 5.33. The Labute approximate surface area is 80.6 Å². The SMILES string of the molecule is C#C[C@@H](O)C(C)(C)COCC(=C)C. The van der Waals surface area contributed by atoms with Gasteiger partial charge < -0.3 is 9.84 Å². The van der Waals surface area contributed by atoms with Crippen LogP contribution in [0.5, 0.6) is 0 Å². The molecule has 0 rings (SSSR count). The molecule has 2 nitrogen and oxygen atoms in total. The van der Waals surface area contributed by atoms with E-state index in [4.69, 9.17) is 11.2 Å². The van der Waals surface area contributed by atoms with Crippen molar-refractivity contribution in [3.63, 3.8) is 0 Å². The molecule has 0 aliphatic heterocycles. The van der Waals surface area contributed by atoms with E-state index in [0.29, 0.717) is 13.2 Å². The average molecular weight is 182 g/mol. The maximum absolute atomic E-state index is 9.41. The summed E-state index contributed by atoms with van der Waals surface area (Å²) in [7, 11) is 0. The summed E-state index contributed by atoms with van der Waals surface area (Å²) in [6.07, 6.45) is 4.35. The molecule has 0 saturated carbocycles. The van der Waals surface area contributed by atoms with Crippen molar-refractivity contribution >= 4 is 0 Å². The smallest absolute Gasteiger partial charge is 0.121 e. The second kappa shape index (κ2) is 5.06. The van der Waals surface area contributed by atoms with Crippen LogP contribution < -0.4 is 0 Å². The first kappa shape index (κ1) is 12.2. The fraction of sp³-hybridized carbons (Fsp3) is 0.636. The summed E-state index contributed by atoms with van der Waals surface area (Å²) in [5.41, 5.74) is 0.565. The third-order valence-corrected chi connectivity index (χ3v) is 1.72. The average Bonchev–Trinajstić information content (AvgIpc) is 2.01. The topological polar surface area (TPSA) is 29.5 Å². The normalized spacial score (nSPS) is 13.5. The van der Waals surface area contributed by atoms with Crippen LogP contribution in [0.15, 0.2) is 12.2 Å². The number of aliphatic hydroxyl groups excluding tert-OH is 1. The van der Waals surface area contributed by atoms with Crippen LogP contribution in [0.2, 0.25) is 0 Å². The van der Waals surface area contributed by atoms with Crippen molar-refractivity contribution in [3.05, 3.63) is 12.2 Å². The molecule has 0 radical (unpaired) electrons. The van der Waals surface area contributed by atoms with E-state index in [9.17, 15) is 5.11 Å². The van der Waals surface area contributed by atoms with E-state index in [0.717, 1.165) is 5.57 Å². The minimum absolute atomic E-state index is 0.399. The predicted octanol–water partition coefficient (Wildman–Crippen LogP) is 1.60. The van der Waals surface area contributed by atoms with Crippen molar-refractivity contribution in [1.82, 2.24) is 0 Å².